The van der Waals surface area contributed by atoms with Crippen molar-refractivity contribution in [3.63, 3.8) is 0 Å². The van der Waals surface area contributed by atoms with E-state index >= 15 is 14.4 Å². The number of nitrogens with zero attached hydrogens (tertiary/aromatic N) is 9. The Morgan fingerprint density at radius 2 is 1.43 bits per heavy atom. The number of likely N-dealkylation sites (tertiary alicyclic amines) is 1. The van der Waals surface area contributed by atoms with Crippen molar-refractivity contribution in [1.82, 2.24) is 44.8 Å². The number of carbonyl (C=O) groups excluding carboxylic acids is 7. The third kappa shape index (κ3) is 15.7. The van der Waals surface area contributed by atoms with Crippen molar-refractivity contribution in [3.05, 3.63) is 57.6 Å². The largest absolute Gasteiger partial charge is 0.454 e. The van der Waals surface area contributed by atoms with Gasteiger partial charge in [-0.1, -0.05) is 72.8 Å². The van der Waals surface area contributed by atoms with Gasteiger partial charge in [0.05, 0.1) is 19.7 Å². The van der Waals surface area contributed by atoms with Crippen LogP contribution < -0.4 is 30.7 Å². The lowest BCUT2D eigenvalue weighted by Gasteiger charge is -2.36. The van der Waals surface area contributed by atoms with Crippen molar-refractivity contribution >= 4 is 88.2 Å². The molecule has 4 heterocycles. The van der Waals surface area contributed by atoms with Crippen LogP contribution in [0.1, 0.15) is 81.8 Å². The van der Waals surface area contributed by atoms with Gasteiger partial charge in [0.25, 0.3) is 0 Å². The van der Waals surface area contributed by atoms with Gasteiger partial charge in [-0.2, -0.15) is 15.0 Å². The van der Waals surface area contributed by atoms with Gasteiger partial charge in [-0.15, -0.1) is 0 Å². The Balaban J connectivity index is 1.17. The molecule has 1 atom stereocenters. The number of carbonyl (C=O) groups is 7. The Morgan fingerprint density at radius 1 is 0.753 bits per heavy atom. The number of nitrogens with one attached hydrogen (secondary N) is 2. The van der Waals surface area contributed by atoms with Gasteiger partial charge < -0.3 is 60.0 Å². The molecule has 2 aliphatic carbocycles. The number of fused-ring (bicyclic) bond motifs is 3. The normalized spacial score (nSPS) is 20.1. The minimum Gasteiger partial charge on any atom is -0.454 e. The third-order valence-electron chi connectivity index (χ3n) is 14.5. The molecule has 0 spiro atoms. The van der Waals surface area contributed by atoms with Crippen molar-refractivity contribution in [2.24, 2.45) is 5.73 Å². The van der Waals surface area contributed by atoms with Gasteiger partial charge in [0, 0.05) is 80.7 Å². The minimum atomic E-state index is -1.28. The molecule has 8 rings (SSSR count). The summed E-state index contributed by atoms with van der Waals surface area (Å²) < 4.78 is 16.5. The van der Waals surface area contributed by atoms with Gasteiger partial charge in [-0.25, -0.2) is 0 Å². The first-order chi connectivity index (χ1) is 37.2. The summed E-state index contributed by atoms with van der Waals surface area (Å²) in [5, 5.41) is 6.86. The van der Waals surface area contributed by atoms with Crippen molar-refractivity contribution in [2.45, 2.75) is 107 Å². The van der Waals surface area contributed by atoms with Crippen LogP contribution in [-0.4, -0.2) is 191 Å². The second-order valence-electron chi connectivity index (χ2n) is 19.9. The second kappa shape index (κ2) is 27.4. The van der Waals surface area contributed by atoms with Gasteiger partial charge in [0.15, 0.2) is 16.7 Å². The number of amides is 7. The van der Waals surface area contributed by atoms with Gasteiger partial charge in [-0.05, 0) is 80.3 Å². The second-order valence-corrected chi connectivity index (χ2v) is 21.7. The number of thioether (sulfide) groups is 1. The fourth-order valence-corrected chi connectivity index (χ4v) is 11.7. The van der Waals surface area contributed by atoms with E-state index in [0.29, 0.717) is 98.3 Å². The molecule has 1 aromatic heterocycles. The predicted molar refractivity (Wildman–Crippen MR) is 287 cm³/mol. The first-order valence-corrected chi connectivity index (χ1v) is 28.2. The molecule has 3 fully saturated rings. The predicted octanol–water partition coefficient (Wildman–Crippen LogP) is 3.50. The number of halogens is 2. The molecule has 2 bridgehead atoms. The zero-order valence-electron chi connectivity index (χ0n) is 43.4. The fourth-order valence-electron chi connectivity index (χ4n) is 10.3. The van der Waals surface area contributed by atoms with E-state index in [9.17, 15) is 19.2 Å². The van der Waals surface area contributed by atoms with Crippen LogP contribution in [0.4, 0.5) is 11.9 Å². The summed E-state index contributed by atoms with van der Waals surface area (Å²) in [6.07, 6.45) is 7.85. The summed E-state index contributed by atoms with van der Waals surface area (Å²) in [7, 11) is 1.55. The van der Waals surface area contributed by atoms with Crippen molar-refractivity contribution in [1.29, 1.82) is 0 Å². The summed E-state index contributed by atoms with van der Waals surface area (Å²) in [6.45, 7) is -0.262. The quantitative estimate of drug-likeness (QED) is 0.174. The number of anilines is 2. The van der Waals surface area contributed by atoms with E-state index in [0.717, 1.165) is 49.4 Å². The van der Waals surface area contributed by atoms with Crippen LogP contribution in [0.25, 0.3) is 0 Å². The number of benzene rings is 2. The molecule has 0 unspecified atom stereocenters. The topological polar surface area (TPSA) is 255 Å². The molecule has 3 aliphatic heterocycles. The number of hydrogen-bond acceptors (Lipinski definition) is 16. The highest BCUT2D eigenvalue weighted by Crippen LogP contribution is 2.34. The Bertz CT molecular complexity index is 2630. The Hall–Kier alpha value is -6.17. The zero-order valence-corrected chi connectivity index (χ0v) is 45.8. The minimum absolute atomic E-state index is 0.00438. The van der Waals surface area contributed by atoms with E-state index < -0.39 is 48.7 Å². The van der Waals surface area contributed by atoms with Crippen LogP contribution in [0.5, 0.6) is 11.5 Å². The summed E-state index contributed by atoms with van der Waals surface area (Å²) in [5.41, 5.74) is 7.30. The lowest BCUT2D eigenvalue weighted by molar-refractivity contribution is -0.148. The summed E-state index contributed by atoms with van der Waals surface area (Å²) in [4.78, 5) is 123. The maximum atomic E-state index is 15.1. The van der Waals surface area contributed by atoms with Crippen molar-refractivity contribution in [2.75, 3.05) is 102 Å². The molecule has 77 heavy (non-hydrogen) atoms. The fraction of sp³-hybridized carbons (Fsp3) is 0.577. The number of aromatic nitrogens is 3. The zero-order chi connectivity index (χ0) is 54.4. The lowest BCUT2D eigenvalue weighted by Crippen LogP contribution is -2.54. The molecular weight excluding hydrogens is 1060 g/mol. The Labute approximate surface area is 462 Å². The Kier molecular flexibility index (Phi) is 20.3. The van der Waals surface area contributed by atoms with Gasteiger partial charge in [0.2, 0.25) is 60.0 Å². The summed E-state index contributed by atoms with van der Waals surface area (Å²) >= 11 is 14.0. The van der Waals surface area contributed by atoms with E-state index in [2.05, 4.69) is 15.6 Å². The third-order valence-corrected chi connectivity index (χ3v) is 16.0. The van der Waals surface area contributed by atoms with E-state index in [1.807, 2.05) is 0 Å². The van der Waals surface area contributed by atoms with E-state index in [-0.39, 0.29) is 92.8 Å². The average Bonchev–Trinajstić information content (AvgIpc) is 4.28. The molecule has 1 saturated heterocycles. The van der Waals surface area contributed by atoms with Crippen LogP contribution >= 0.6 is 35.0 Å². The van der Waals surface area contributed by atoms with Crippen LogP contribution in [0.15, 0.2) is 41.6 Å². The first-order valence-electron chi connectivity index (χ1n) is 26.4. The van der Waals surface area contributed by atoms with E-state index in [1.165, 1.54) is 9.80 Å². The highest BCUT2D eigenvalue weighted by Gasteiger charge is 2.37. The van der Waals surface area contributed by atoms with Gasteiger partial charge >= 0.3 is 0 Å². The molecule has 22 nitrogen and oxygen atoms in total. The number of hydrogen-bond donors (Lipinski definition) is 3. The molecule has 2 aromatic carbocycles. The van der Waals surface area contributed by atoms with Crippen LogP contribution in [0.3, 0.4) is 0 Å². The summed E-state index contributed by atoms with van der Waals surface area (Å²) in [5.74, 6) is -2.33. The number of primary amides is 1. The van der Waals surface area contributed by atoms with Gasteiger partial charge in [0.1, 0.15) is 25.7 Å². The standard InChI is InChI=1S/C52H68Cl2N12O10S/c1-74-23-18-56-50-58-51-60-52(59-50)77-32-40(49(55)73)57-43(67)27-62(21-7-20-61-19-6-12-44(61)68)45(69)28-64(26-34-13-16-41-42(24-34)76-33-75-41)46(70)30-65(37-8-2-3-9-37)48(72)31-66(38-10-4-5-11-38)47(71)29-63(51)22-17-35-14-15-36(53)25-39(35)54/h13-16,24-25,37-38,40H,2-12,17-23,26-33H2,1H3,(H2,55,73)(H,57,67)(H,56,58,59,60)/t40-/m1/s1. The average molecular weight is 1120 g/mol. The first kappa shape index (κ1) is 57.0. The highest BCUT2D eigenvalue weighted by atomic mass is 35.5. The van der Waals surface area contributed by atoms with Crippen molar-refractivity contribution in [3.8, 4) is 11.5 Å². The van der Waals surface area contributed by atoms with Crippen LogP contribution in [-0.2, 0) is 51.3 Å². The molecule has 4 N–H and O–H groups in total. The summed E-state index contributed by atoms with van der Waals surface area (Å²) in [6, 6.07) is 8.54. The van der Waals surface area contributed by atoms with Crippen molar-refractivity contribution < 1.29 is 47.8 Å². The van der Waals surface area contributed by atoms with E-state index in [4.69, 9.17) is 53.1 Å². The molecule has 7 amide bonds. The molecule has 3 aromatic rings. The Morgan fingerprint density at radius 3 is 2.12 bits per heavy atom. The monoisotopic (exact) mass is 1120 g/mol. The maximum absolute atomic E-state index is 15.1. The molecule has 0 radical (unpaired) electrons. The molecule has 5 aliphatic rings. The smallest absolute Gasteiger partial charge is 0.242 e. The molecule has 25 heteroatoms. The molecule has 416 valence electrons. The number of methoxy groups -OCH3 is 1. The van der Waals surface area contributed by atoms with E-state index in [1.54, 1.807) is 63.1 Å². The number of nitrogens with two attached hydrogens (primary N) is 1. The molecular formula is C52H68Cl2N12O10S. The highest BCUT2D eigenvalue weighted by molar-refractivity contribution is 7.99. The van der Waals surface area contributed by atoms with Crippen LogP contribution in [0.2, 0.25) is 10.0 Å². The number of rotatable bonds is 16. The number of ether oxygens (including phenoxy) is 3. The van der Waals surface area contributed by atoms with Gasteiger partial charge in [-0.3, -0.25) is 33.6 Å². The van der Waals surface area contributed by atoms with Crippen LogP contribution in [0, 0.1) is 0 Å². The molecule has 2 saturated carbocycles. The maximum Gasteiger partial charge on any atom is 0.242 e. The SMILES string of the molecule is COCCNc1nc2nc(n1)N(CCc1ccc(Cl)cc1Cl)CC(=O)N(C1CCCC1)CC(=O)N(C1CCCC1)CC(=O)N(Cc1ccc3c(c1)OCO3)CC(=O)N(CCCN1CCCC1=O)CC(=O)N[C@@H](C(N)=O)CS2. The lowest BCUT2D eigenvalue weighted by atomic mass is 10.1.